The molecule has 1 aliphatic heterocycles. The second kappa shape index (κ2) is 6.38. The van der Waals surface area contributed by atoms with Gasteiger partial charge in [-0.3, -0.25) is 9.69 Å². The highest BCUT2D eigenvalue weighted by molar-refractivity contribution is 7.99. The third-order valence-electron chi connectivity index (χ3n) is 2.75. The summed E-state index contributed by atoms with van der Waals surface area (Å²) in [7, 11) is 0. The van der Waals surface area contributed by atoms with Gasteiger partial charge < -0.3 is 4.74 Å². The first kappa shape index (κ1) is 12.8. The highest BCUT2D eigenvalue weighted by Crippen LogP contribution is 2.19. The van der Waals surface area contributed by atoms with Crippen molar-refractivity contribution in [2.45, 2.75) is 39.3 Å². The molecule has 0 aromatic carbocycles. The van der Waals surface area contributed by atoms with Crippen LogP contribution in [0.1, 0.15) is 27.2 Å². The topological polar surface area (TPSA) is 29.5 Å². The van der Waals surface area contributed by atoms with Gasteiger partial charge in [0.25, 0.3) is 0 Å². The van der Waals surface area contributed by atoms with E-state index in [1.54, 1.807) is 0 Å². The zero-order valence-electron chi connectivity index (χ0n) is 9.86. The van der Waals surface area contributed by atoms with Crippen LogP contribution in [0.25, 0.3) is 0 Å². The molecule has 0 aliphatic carbocycles. The molecule has 0 N–H and O–H groups in total. The Morgan fingerprint density at radius 3 is 3.00 bits per heavy atom. The van der Waals surface area contributed by atoms with E-state index < -0.39 is 0 Å². The van der Waals surface area contributed by atoms with Crippen molar-refractivity contribution in [2.24, 2.45) is 0 Å². The zero-order valence-corrected chi connectivity index (χ0v) is 10.7. The molecule has 1 rings (SSSR count). The third kappa shape index (κ3) is 4.03. The van der Waals surface area contributed by atoms with Gasteiger partial charge in [-0.2, -0.15) is 11.8 Å². The van der Waals surface area contributed by atoms with Crippen LogP contribution in [0.5, 0.6) is 0 Å². The molecule has 0 aromatic heterocycles. The number of nitrogens with zero attached hydrogens (tertiary/aromatic N) is 1. The summed E-state index contributed by atoms with van der Waals surface area (Å²) in [5, 5.41) is 0. The van der Waals surface area contributed by atoms with E-state index in [2.05, 4.69) is 18.7 Å². The lowest BCUT2D eigenvalue weighted by molar-refractivity contribution is -0.144. The molecule has 1 fully saturated rings. The standard InChI is InChI=1S/C11H21NO2S/c1-4-14-11(13)7-9(2)12-5-6-15-8-10(12)3/h9-10H,4-8H2,1-3H3. The molecular weight excluding hydrogens is 210 g/mol. The van der Waals surface area contributed by atoms with Crippen molar-refractivity contribution < 1.29 is 9.53 Å². The van der Waals surface area contributed by atoms with E-state index in [1.807, 2.05) is 18.7 Å². The van der Waals surface area contributed by atoms with Crippen LogP contribution in [-0.4, -0.2) is 47.6 Å². The Bertz CT molecular complexity index is 211. The van der Waals surface area contributed by atoms with Gasteiger partial charge in [-0.15, -0.1) is 0 Å². The van der Waals surface area contributed by atoms with Gasteiger partial charge in [0.05, 0.1) is 13.0 Å². The van der Waals surface area contributed by atoms with Gasteiger partial charge in [-0.1, -0.05) is 0 Å². The van der Waals surface area contributed by atoms with Gasteiger partial charge in [0.1, 0.15) is 0 Å². The Labute approximate surface area is 96.5 Å². The van der Waals surface area contributed by atoms with Crippen molar-refractivity contribution in [2.75, 3.05) is 24.7 Å². The number of hydrogen-bond acceptors (Lipinski definition) is 4. The maximum atomic E-state index is 11.3. The van der Waals surface area contributed by atoms with Gasteiger partial charge in [-0.25, -0.2) is 0 Å². The van der Waals surface area contributed by atoms with Gasteiger partial charge in [0.15, 0.2) is 0 Å². The number of hydrogen-bond donors (Lipinski definition) is 0. The monoisotopic (exact) mass is 231 g/mol. The molecule has 2 unspecified atom stereocenters. The molecule has 88 valence electrons. The molecule has 0 radical (unpaired) electrons. The summed E-state index contributed by atoms with van der Waals surface area (Å²) >= 11 is 2.00. The second-order valence-electron chi connectivity index (χ2n) is 4.02. The van der Waals surface area contributed by atoms with E-state index in [4.69, 9.17) is 4.74 Å². The molecule has 15 heavy (non-hydrogen) atoms. The van der Waals surface area contributed by atoms with E-state index in [-0.39, 0.29) is 5.97 Å². The molecule has 4 heteroatoms. The van der Waals surface area contributed by atoms with Crippen LogP contribution in [0.4, 0.5) is 0 Å². The van der Waals surface area contributed by atoms with Gasteiger partial charge in [-0.05, 0) is 20.8 Å². The first-order valence-electron chi connectivity index (χ1n) is 5.64. The maximum absolute atomic E-state index is 11.3. The molecular formula is C11H21NO2S. The lowest BCUT2D eigenvalue weighted by atomic mass is 10.1. The predicted octanol–water partition coefficient (Wildman–Crippen LogP) is 1.77. The van der Waals surface area contributed by atoms with Gasteiger partial charge in [0.2, 0.25) is 0 Å². The molecule has 1 heterocycles. The molecule has 1 saturated heterocycles. The van der Waals surface area contributed by atoms with Crippen molar-refractivity contribution in [3.8, 4) is 0 Å². The summed E-state index contributed by atoms with van der Waals surface area (Å²) in [5.74, 6) is 2.28. The van der Waals surface area contributed by atoms with E-state index >= 15 is 0 Å². The van der Waals surface area contributed by atoms with Gasteiger partial charge in [0, 0.05) is 30.1 Å². The molecule has 0 aromatic rings. The normalized spacial score (nSPS) is 24.9. The number of thioether (sulfide) groups is 1. The summed E-state index contributed by atoms with van der Waals surface area (Å²) in [5.41, 5.74) is 0. The minimum absolute atomic E-state index is 0.0737. The highest BCUT2D eigenvalue weighted by atomic mass is 32.2. The average molecular weight is 231 g/mol. The first-order chi connectivity index (χ1) is 7.15. The van der Waals surface area contributed by atoms with Crippen LogP contribution >= 0.6 is 11.8 Å². The van der Waals surface area contributed by atoms with E-state index in [9.17, 15) is 4.79 Å². The largest absolute Gasteiger partial charge is 0.466 e. The van der Waals surface area contributed by atoms with Crippen LogP contribution in [0.3, 0.4) is 0 Å². The Kier molecular flexibility index (Phi) is 5.47. The SMILES string of the molecule is CCOC(=O)CC(C)N1CCSCC1C. The Morgan fingerprint density at radius 1 is 1.67 bits per heavy atom. The minimum atomic E-state index is -0.0737. The second-order valence-corrected chi connectivity index (χ2v) is 5.17. The molecule has 0 bridgehead atoms. The first-order valence-corrected chi connectivity index (χ1v) is 6.79. The van der Waals surface area contributed by atoms with E-state index in [1.165, 1.54) is 11.5 Å². The van der Waals surface area contributed by atoms with Crippen molar-refractivity contribution >= 4 is 17.7 Å². The Morgan fingerprint density at radius 2 is 2.40 bits per heavy atom. The minimum Gasteiger partial charge on any atom is -0.466 e. The van der Waals surface area contributed by atoms with Crippen molar-refractivity contribution in [1.82, 2.24) is 4.90 Å². The van der Waals surface area contributed by atoms with Crippen molar-refractivity contribution in [1.29, 1.82) is 0 Å². The fraction of sp³-hybridized carbons (Fsp3) is 0.909. The van der Waals surface area contributed by atoms with Gasteiger partial charge >= 0.3 is 5.97 Å². The number of ether oxygens (including phenoxy) is 1. The van der Waals surface area contributed by atoms with Crippen molar-refractivity contribution in [3.05, 3.63) is 0 Å². The summed E-state index contributed by atoms with van der Waals surface area (Å²) in [4.78, 5) is 13.8. The number of rotatable bonds is 4. The quantitative estimate of drug-likeness (QED) is 0.690. The molecule has 0 amide bonds. The Hall–Kier alpha value is -0.220. The lowest BCUT2D eigenvalue weighted by Crippen LogP contribution is -2.46. The maximum Gasteiger partial charge on any atom is 0.307 e. The fourth-order valence-corrected chi connectivity index (χ4v) is 3.01. The molecule has 2 atom stereocenters. The number of esters is 1. The zero-order chi connectivity index (χ0) is 11.3. The summed E-state index contributed by atoms with van der Waals surface area (Å²) in [6.07, 6.45) is 0.517. The van der Waals surface area contributed by atoms with Crippen molar-refractivity contribution in [3.63, 3.8) is 0 Å². The predicted molar refractivity (Wildman–Crippen MR) is 64.2 cm³/mol. The Balaban J connectivity index is 2.37. The smallest absolute Gasteiger partial charge is 0.307 e. The van der Waals surface area contributed by atoms with Crippen LogP contribution in [-0.2, 0) is 9.53 Å². The van der Waals surface area contributed by atoms with E-state index in [0.717, 1.165) is 6.54 Å². The van der Waals surface area contributed by atoms with Crippen LogP contribution in [0.15, 0.2) is 0 Å². The van der Waals surface area contributed by atoms with Crippen LogP contribution in [0, 0.1) is 0 Å². The third-order valence-corrected chi connectivity index (χ3v) is 3.94. The van der Waals surface area contributed by atoms with E-state index in [0.29, 0.717) is 25.1 Å². The number of carbonyl (C=O) groups excluding carboxylic acids is 1. The molecule has 1 aliphatic rings. The molecule has 0 spiro atoms. The number of carbonyl (C=O) groups is 1. The lowest BCUT2D eigenvalue weighted by Gasteiger charge is -2.37. The highest BCUT2D eigenvalue weighted by Gasteiger charge is 2.25. The van der Waals surface area contributed by atoms with Crippen LogP contribution < -0.4 is 0 Å². The molecule has 0 saturated carbocycles. The average Bonchev–Trinajstić information content (AvgIpc) is 2.18. The fourth-order valence-electron chi connectivity index (χ4n) is 1.97. The summed E-state index contributed by atoms with van der Waals surface area (Å²) in [6.45, 7) is 7.77. The summed E-state index contributed by atoms with van der Waals surface area (Å²) in [6, 6.07) is 0.883. The van der Waals surface area contributed by atoms with Crippen LogP contribution in [0.2, 0.25) is 0 Å². The molecule has 3 nitrogen and oxygen atoms in total. The summed E-state index contributed by atoms with van der Waals surface area (Å²) < 4.78 is 4.97.